The lowest BCUT2D eigenvalue weighted by atomic mass is 9.95. The van der Waals surface area contributed by atoms with Crippen molar-refractivity contribution in [3.63, 3.8) is 0 Å². The predicted octanol–water partition coefficient (Wildman–Crippen LogP) is 2.64. The van der Waals surface area contributed by atoms with Gasteiger partial charge < -0.3 is 10.6 Å². The average Bonchev–Trinajstić information content (AvgIpc) is 3.13. The van der Waals surface area contributed by atoms with Crippen molar-refractivity contribution in [2.24, 2.45) is 0 Å². The van der Waals surface area contributed by atoms with E-state index in [1.807, 2.05) is 22.9 Å². The van der Waals surface area contributed by atoms with Gasteiger partial charge in [0.25, 0.3) is 5.91 Å². The van der Waals surface area contributed by atoms with Gasteiger partial charge in [0.1, 0.15) is 0 Å². The van der Waals surface area contributed by atoms with Gasteiger partial charge in [0.2, 0.25) is 0 Å². The number of fused-ring (bicyclic) bond motifs is 1. The first-order valence-electron chi connectivity index (χ1n) is 9.18. The summed E-state index contributed by atoms with van der Waals surface area (Å²) >= 11 is 0. The van der Waals surface area contributed by atoms with Gasteiger partial charge in [0.15, 0.2) is 5.82 Å². The minimum atomic E-state index is -0.0200. The molecule has 0 spiro atoms. The minimum Gasteiger partial charge on any atom is -0.375 e. The molecule has 1 aliphatic carbocycles. The van der Waals surface area contributed by atoms with Crippen molar-refractivity contribution in [1.82, 2.24) is 25.5 Å². The molecule has 2 aliphatic rings. The summed E-state index contributed by atoms with van der Waals surface area (Å²) < 4.78 is 2.00. The van der Waals surface area contributed by atoms with Gasteiger partial charge in [-0.25, -0.2) is 4.68 Å². The van der Waals surface area contributed by atoms with Crippen LogP contribution in [0.25, 0.3) is 0 Å². The van der Waals surface area contributed by atoms with Crippen molar-refractivity contribution in [3.8, 4) is 0 Å². The fourth-order valence-electron chi connectivity index (χ4n) is 3.97. The molecule has 1 atom stereocenters. The van der Waals surface area contributed by atoms with Crippen LogP contribution in [0.4, 0.5) is 5.69 Å². The Bertz CT molecular complexity index is 765. The highest BCUT2D eigenvalue weighted by Gasteiger charge is 2.25. The van der Waals surface area contributed by atoms with E-state index in [-0.39, 0.29) is 11.9 Å². The highest BCUT2D eigenvalue weighted by molar-refractivity contribution is 5.98. The lowest BCUT2D eigenvalue weighted by molar-refractivity contribution is 0.0946. The molecule has 1 fully saturated rings. The lowest BCUT2D eigenvalue weighted by Crippen LogP contribution is -2.32. The zero-order valence-electron chi connectivity index (χ0n) is 14.5. The number of hydrogen-bond donors (Lipinski definition) is 2. The number of nitrogens with zero attached hydrogens (tertiary/aromatic N) is 4. The summed E-state index contributed by atoms with van der Waals surface area (Å²) in [7, 11) is 0. The van der Waals surface area contributed by atoms with Gasteiger partial charge in [0.05, 0.1) is 12.1 Å². The third-order valence-electron chi connectivity index (χ3n) is 5.28. The van der Waals surface area contributed by atoms with Crippen molar-refractivity contribution in [2.75, 3.05) is 11.9 Å². The third-order valence-corrected chi connectivity index (χ3v) is 5.28. The number of nitrogens with one attached hydrogen (secondary N) is 2. The average molecular weight is 340 g/mol. The molecule has 2 aromatic rings. The van der Waals surface area contributed by atoms with Crippen LogP contribution < -0.4 is 10.6 Å². The zero-order chi connectivity index (χ0) is 17.2. The molecule has 0 bridgehead atoms. The monoisotopic (exact) mass is 340 g/mol. The largest absolute Gasteiger partial charge is 0.375 e. The van der Waals surface area contributed by atoms with E-state index in [9.17, 15) is 4.79 Å². The van der Waals surface area contributed by atoms with Crippen molar-refractivity contribution >= 4 is 11.6 Å². The molecule has 7 nitrogen and oxygen atoms in total. The summed E-state index contributed by atoms with van der Waals surface area (Å²) in [6.45, 7) is 2.76. The molecule has 0 radical (unpaired) electrons. The molecule has 1 aromatic heterocycles. The first kappa shape index (κ1) is 16.1. The van der Waals surface area contributed by atoms with Crippen LogP contribution in [0, 0.1) is 0 Å². The second kappa shape index (κ2) is 6.82. The number of rotatable bonds is 4. The summed E-state index contributed by atoms with van der Waals surface area (Å²) in [5.74, 6) is 0.870. The van der Waals surface area contributed by atoms with Gasteiger partial charge in [0, 0.05) is 17.8 Å². The molecule has 1 unspecified atom stereocenters. The Morgan fingerprint density at radius 1 is 1.28 bits per heavy atom. The van der Waals surface area contributed by atoms with Crippen LogP contribution in [-0.2, 0) is 6.42 Å². The summed E-state index contributed by atoms with van der Waals surface area (Å²) in [4.78, 5) is 12.0. The minimum absolute atomic E-state index is 0.00425. The normalized spacial score (nSPS) is 19.2. The molecular weight excluding hydrogens is 316 g/mol. The first-order valence-corrected chi connectivity index (χ1v) is 9.18. The highest BCUT2D eigenvalue weighted by atomic mass is 16.1. The number of hydrogen-bond acceptors (Lipinski definition) is 5. The summed E-state index contributed by atoms with van der Waals surface area (Å²) in [5.41, 5.74) is 2.84. The van der Waals surface area contributed by atoms with E-state index in [1.165, 1.54) is 19.3 Å². The molecule has 25 heavy (non-hydrogen) atoms. The maximum atomic E-state index is 12.0. The molecule has 1 saturated carbocycles. The van der Waals surface area contributed by atoms with Crippen molar-refractivity contribution in [1.29, 1.82) is 0 Å². The fourth-order valence-corrected chi connectivity index (χ4v) is 3.97. The number of anilines is 1. The molecule has 7 heteroatoms. The Kier molecular flexibility index (Phi) is 4.38. The van der Waals surface area contributed by atoms with Gasteiger partial charge in [-0.2, -0.15) is 0 Å². The van der Waals surface area contributed by atoms with Crippen LogP contribution in [0.1, 0.15) is 72.9 Å². The Balaban J connectivity index is 1.57. The topological polar surface area (TPSA) is 84.7 Å². The molecular formula is C18H24N6O. The van der Waals surface area contributed by atoms with Crippen molar-refractivity contribution in [3.05, 3.63) is 35.2 Å². The summed E-state index contributed by atoms with van der Waals surface area (Å²) in [5, 5.41) is 18.9. The number of amides is 1. The number of aromatic nitrogens is 4. The van der Waals surface area contributed by atoms with Gasteiger partial charge in [-0.3, -0.25) is 4.79 Å². The van der Waals surface area contributed by atoms with Crippen LogP contribution in [0.2, 0.25) is 0 Å². The van der Waals surface area contributed by atoms with Crippen LogP contribution in [0.15, 0.2) is 18.2 Å². The molecule has 132 valence electrons. The van der Waals surface area contributed by atoms with E-state index < -0.39 is 0 Å². The summed E-state index contributed by atoms with van der Waals surface area (Å²) in [6, 6.07) is 6.21. The van der Waals surface area contributed by atoms with Crippen LogP contribution >= 0.6 is 0 Å². The van der Waals surface area contributed by atoms with Gasteiger partial charge >= 0.3 is 0 Å². The van der Waals surface area contributed by atoms with Crippen LogP contribution in [0.5, 0.6) is 0 Å². The second-order valence-corrected chi connectivity index (χ2v) is 6.98. The number of tetrazole rings is 1. The van der Waals surface area contributed by atoms with E-state index >= 15 is 0 Å². The predicted molar refractivity (Wildman–Crippen MR) is 94.5 cm³/mol. The molecule has 1 aromatic carbocycles. The quantitative estimate of drug-likeness (QED) is 0.894. The second-order valence-electron chi connectivity index (χ2n) is 6.98. The molecule has 4 rings (SSSR count). The number of benzene rings is 1. The third kappa shape index (κ3) is 3.10. The fraction of sp³-hybridized carbons (Fsp3) is 0.556. The smallest absolute Gasteiger partial charge is 0.251 e. The standard InChI is InChI=1S/C18H24N6O/c1-12(17-21-22-23-24(17)13-6-3-2-4-7-13)20-16-9-5-8-15-14(16)10-11-19-18(15)25/h5,8-9,12-13,20H,2-4,6-7,10-11H2,1H3,(H,19,25). The van der Waals surface area contributed by atoms with E-state index in [0.29, 0.717) is 12.6 Å². The van der Waals surface area contributed by atoms with E-state index in [0.717, 1.165) is 41.9 Å². The Morgan fingerprint density at radius 3 is 2.96 bits per heavy atom. The molecule has 2 heterocycles. The van der Waals surface area contributed by atoms with Gasteiger partial charge in [-0.15, -0.1) is 5.10 Å². The Morgan fingerprint density at radius 2 is 2.12 bits per heavy atom. The van der Waals surface area contributed by atoms with E-state index in [2.05, 4.69) is 33.1 Å². The Hall–Kier alpha value is -2.44. The molecule has 1 amide bonds. The maximum absolute atomic E-state index is 12.0. The molecule has 0 saturated heterocycles. The van der Waals surface area contributed by atoms with Crippen molar-refractivity contribution in [2.45, 2.75) is 57.5 Å². The van der Waals surface area contributed by atoms with Crippen molar-refractivity contribution < 1.29 is 4.79 Å². The lowest BCUT2D eigenvalue weighted by Gasteiger charge is -2.25. The van der Waals surface area contributed by atoms with Crippen LogP contribution in [0.3, 0.4) is 0 Å². The number of carbonyl (C=O) groups is 1. The van der Waals surface area contributed by atoms with E-state index in [4.69, 9.17) is 0 Å². The van der Waals surface area contributed by atoms with Crippen LogP contribution in [-0.4, -0.2) is 32.7 Å². The SMILES string of the molecule is CC(Nc1cccc2c1CCNC2=O)c1nnnn1C1CCCCC1. The molecule has 1 aliphatic heterocycles. The van der Waals surface area contributed by atoms with Gasteiger partial charge in [-0.1, -0.05) is 25.3 Å². The first-order chi connectivity index (χ1) is 12.2. The maximum Gasteiger partial charge on any atom is 0.251 e. The van der Waals surface area contributed by atoms with E-state index in [1.54, 1.807) is 0 Å². The molecule has 2 N–H and O–H groups in total. The Labute approximate surface area is 147 Å². The summed E-state index contributed by atoms with van der Waals surface area (Å²) in [6.07, 6.45) is 6.92. The highest BCUT2D eigenvalue weighted by Crippen LogP contribution is 2.31. The number of carbonyl (C=O) groups excluding carboxylic acids is 1. The zero-order valence-corrected chi connectivity index (χ0v) is 14.5. The van der Waals surface area contributed by atoms with Gasteiger partial charge in [-0.05, 0) is 54.3 Å².